The first-order chi connectivity index (χ1) is 10.9. The number of thioether (sulfide) groups is 1. The van der Waals surface area contributed by atoms with E-state index in [1.165, 1.54) is 16.7 Å². The van der Waals surface area contributed by atoms with Crippen LogP contribution < -0.4 is 9.30 Å². The second kappa shape index (κ2) is 7.82. The molecule has 1 saturated heterocycles. The van der Waals surface area contributed by atoms with Crippen LogP contribution in [0, 0.1) is 0 Å². The highest BCUT2D eigenvalue weighted by Gasteiger charge is 2.38. The highest BCUT2D eigenvalue weighted by Crippen LogP contribution is 2.28. The van der Waals surface area contributed by atoms with E-state index in [0.29, 0.717) is 5.75 Å². The molecule has 0 bridgehead atoms. The molecule has 1 aromatic rings. The summed E-state index contributed by atoms with van der Waals surface area (Å²) in [7, 11) is 3.18. The SMILES string of the molecule is CN(C)C(=O)OC[n+]1cccc(O[C@H]2SC[C@@H](O)[C@H](O)[C@H]2O)c1. The molecule has 3 N–H and O–H groups in total. The Morgan fingerprint density at radius 1 is 1.39 bits per heavy atom. The summed E-state index contributed by atoms with van der Waals surface area (Å²) >= 11 is 1.22. The maximum Gasteiger partial charge on any atom is 0.414 e. The molecule has 1 aliphatic rings. The molecule has 1 amide bonds. The quantitative estimate of drug-likeness (QED) is 0.612. The van der Waals surface area contributed by atoms with Gasteiger partial charge in [-0.15, -0.1) is 11.8 Å². The van der Waals surface area contributed by atoms with Crippen LogP contribution in [0.2, 0.25) is 0 Å². The summed E-state index contributed by atoms with van der Waals surface area (Å²) in [6, 6.07) is 3.40. The lowest BCUT2D eigenvalue weighted by Crippen LogP contribution is -2.50. The molecule has 1 fully saturated rings. The number of aromatic nitrogens is 1. The Labute approximate surface area is 138 Å². The summed E-state index contributed by atoms with van der Waals surface area (Å²) in [6.45, 7) is 0.0237. The first-order valence-corrected chi connectivity index (χ1v) is 8.09. The van der Waals surface area contributed by atoms with Crippen molar-refractivity contribution >= 4 is 17.9 Å². The van der Waals surface area contributed by atoms with Gasteiger partial charge < -0.3 is 29.7 Å². The van der Waals surface area contributed by atoms with E-state index >= 15 is 0 Å². The minimum absolute atomic E-state index is 0.0237. The van der Waals surface area contributed by atoms with Crippen molar-refractivity contribution < 1.29 is 34.2 Å². The number of rotatable bonds is 4. The third-order valence-corrected chi connectivity index (χ3v) is 4.48. The fourth-order valence-electron chi connectivity index (χ4n) is 1.92. The first kappa shape index (κ1) is 17.8. The van der Waals surface area contributed by atoms with Crippen LogP contribution >= 0.6 is 11.8 Å². The molecule has 2 heterocycles. The third-order valence-electron chi connectivity index (χ3n) is 3.24. The van der Waals surface area contributed by atoms with Crippen LogP contribution in [0.15, 0.2) is 24.5 Å². The Balaban J connectivity index is 1.96. The molecule has 0 aromatic carbocycles. The topological polar surface area (TPSA) is 103 Å². The normalized spacial score (nSPS) is 27.3. The summed E-state index contributed by atoms with van der Waals surface area (Å²) < 4.78 is 12.3. The molecule has 4 atom stereocenters. The maximum atomic E-state index is 11.4. The van der Waals surface area contributed by atoms with E-state index in [2.05, 4.69) is 0 Å². The molecule has 1 aliphatic heterocycles. The number of carbonyl (C=O) groups is 1. The van der Waals surface area contributed by atoms with Gasteiger partial charge >= 0.3 is 6.09 Å². The first-order valence-electron chi connectivity index (χ1n) is 7.04. The van der Waals surface area contributed by atoms with E-state index in [9.17, 15) is 20.1 Å². The van der Waals surface area contributed by atoms with E-state index in [4.69, 9.17) is 9.47 Å². The molecule has 0 unspecified atom stereocenters. The second-order valence-corrected chi connectivity index (χ2v) is 6.49. The predicted octanol–water partition coefficient (Wildman–Crippen LogP) is -0.836. The van der Waals surface area contributed by atoms with Gasteiger partial charge in [-0.25, -0.2) is 4.79 Å². The fraction of sp³-hybridized carbons (Fsp3) is 0.571. The zero-order valence-electron chi connectivity index (χ0n) is 12.9. The van der Waals surface area contributed by atoms with Crippen LogP contribution in [0.25, 0.3) is 0 Å². The van der Waals surface area contributed by atoms with Crippen molar-refractivity contribution in [2.75, 3.05) is 19.8 Å². The van der Waals surface area contributed by atoms with Crippen molar-refractivity contribution in [1.82, 2.24) is 4.90 Å². The molecule has 2 rings (SSSR count). The van der Waals surface area contributed by atoms with Gasteiger partial charge in [-0.3, -0.25) is 0 Å². The maximum absolute atomic E-state index is 11.4. The van der Waals surface area contributed by atoms with Crippen molar-refractivity contribution in [1.29, 1.82) is 0 Å². The standard InChI is InChI=1S/C14H21N2O6S/c1-15(2)14(20)21-8-16-5-3-4-9(6-16)22-13-12(19)11(18)10(17)7-23-13/h3-6,10-13,17-19H,7-8H2,1-2H3/q+1/t10-,11+,12-,13+/m1/s1. The molecular weight excluding hydrogens is 324 g/mol. The molecule has 0 aliphatic carbocycles. The van der Waals surface area contributed by atoms with E-state index < -0.39 is 29.8 Å². The van der Waals surface area contributed by atoms with Gasteiger partial charge in [0.2, 0.25) is 6.20 Å². The lowest BCUT2D eigenvalue weighted by molar-refractivity contribution is -0.727. The van der Waals surface area contributed by atoms with Gasteiger partial charge in [-0.05, 0) is 6.07 Å². The lowest BCUT2D eigenvalue weighted by Gasteiger charge is -2.34. The number of hydrogen-bond donors (Lipinski definition) is 3. The number of pyridine rings is 1. The number of aliphatic hydroxyl groups excluding tert-OH is 3. The number of carbonyl (C=O) groups excluding carboxylic acids is 1. The molecule has 9 heteroatoms. The largest absolute Gasteiger partial charge is 0.471 e. The highest BCUT2D eigenvalue weighted by atomic mass is 32.2. The van der Waals surface area contributed by atoms with Crippen LogP contribution in [0.4, 0.5) is 4.79 Å². The molecular formula is C14H21N2O6S+. The number of aliphatic hydroxyl groups is 3. The average molecular weight is 345 g/mol. The smallest absolute Gasteiger partial charge is 0.414 e. The summed E-state index contributed by atoms with van der Waals surface area (Å²) in [5.41, 5.74) is -0.687. The molecule has 0 spiro atoms. The second-order valence-electron chi connectivity index (χ2n) is 5.36. The van der Waals surface area contributed by atoms with E-state index in [-0.39, 0.29) is 12.5 Å². The Morgan fingerprint density at radius 3 is 2.83 bits per heavy atom. The Bertz CT molecular complexity index is 544. The monoisotopic (exact) mass is 345 g/mol. The Kier molecular flexibility index (Phi) is 6.05. The molecule has 8 nitrogen and oxygen atoms in total. The predicted molar refractivity (Wildman–Crippen MR) is 81.7 cm³/mol. The van der Waals surface area contributed by atoms with Crippen molar-refractivity contribution in [3.63, 3.8) is 0 Å². The molecule has 0 saturated carbocycles. The molecule has 0 radical (unpaired) electrons. The van der Waals surface area contributed by atoms with Crippen molar-refractivity contribution in [3.8, 4) is 5.75 Å². The third kappa shape index (κ3) is 4.71. The summed E-state index contributed by atoms with van der Waals surface area (Å²) in [4.78, 5) is 12.7. The van der Waals surface area contributed by atoms with Crippen LogP contribution in [-0.4, -0.2) is 69.9 Å². The molecule has 23 heavy (non-hydrogen) atoms. The van der Waals surface area contributed by atoms with E-state index in [0.717, 1.165) is 0 Å². The number of nitrogens with zero attached hydrogens (tertiary/aromatic N) is 2. The van der Waals surface area contributed by atoms with Crippen LogP contribution in [-0.2, 0) is 11.5 Å². The minimum Gasteiger partial charge on any atom is -0.471 e. The van der Waals surface area contributed by atoms with Crippen LogP contribution in [0.5, 0.6) is 5.75 Å². The summed E-state index contributed by atoms with van der Waals surface area (Å²) in [6.07, 6.45) is -0.533. The molecule has 1 aromatic heterocycles. The van der Waals surface area contributed by atoms with Gasteiger partial charge in [0.05, 0.1) is 6.10 Å². The minimum atomic E-state index is -1.24. The van der Waals surface area contributed by atoms with Gasteiger partial charge in [0.1, 0.15) is 12.2 Å². The highest BCUT2D eigenvalue weighted by molar-refractivity contribution is 7.99. The zero-order chi connectivity index (χ0) is 17.0. The average Bonchev–Trinajstić information content (AvgIpc) is 2.53. The van der Waals surface area contributed by atoms with Gasteiger partial charge in [0.15, 0.2) is 17.4 Å². The summed E-state index contributed by atoms with van der Waals surface area (Å²) in [5, 5.41) is 29.1. The van der Waals surface area contributed by atoms with Gasteiger partial charge in [0, 0.05) is 25.9 Å². The molecule has 128 valence electrons. The van der Waals surface area contributed by atoms with Crippen molar-refractivity contribution in [2.24, 2.45) is 0 Å². The van der Waals surface area contributed by atoms with Crippen LogP contribution in [0.3, 0.4) is 0 Å². The summed E-state index contributed by atoms with van der Waals surface area (Å²) in [5.74, 6) is 0.726. The van der Waals surface area contributed by atoms with Crippen LogP contribution in [0.1, 0.15) is 0 Å². The van der Waals surface area contributed by atoms with E-state index in [1.807, 2.05) is 0 Å². The van der Waals surface area contributed by atoms with Crippen molar-refractivity contribution in [3.05, 3.63) is 24.5 Å². The van der Waals surface area contributed by atoms with Gasteiger partial charge in [-0.1, -0.05) is 0 Å². The van der Waals surface area contributed by atoms with Gasteiger partial charge in [-0.2, -0.15) is 4.57 Å². The van der Waals surface area contributed by atoms with Crippen molar-refractivity contribution in [2.45, 2.75) is 30.5 Å². The fourth-order valence-corrected chi connectivity index (χ4v) is 3.05. The Morgan fingerprint density at radius 2 is 2.13 bits per heavy atom. The van der Waals surface area contributed by atoms with E-state index in [1.54, 1.807) is 43.2 Å². The zero-order valence-corrected chi connectivity index (χ0v) is 13.7. The van der Waals surface area contributed by atoms with Gasteiger partial charge in [0.25, 0.3) is 6.73 Å². The lowest BCUT2D eigenvalue weighted by atomic mass is 10.1. The Hall–Kier alpha value is -1.55. The number of ether oxygens (including phenoxy) is 2. The number of amides is 1. The number of hydrogen-bond acceptors (Lipinski definition) is 7.